The molecule has 136 valence electrons. The van der Waals surface area contributed by atoms with Crippen molar-refractivity contribution in [2.24, 2.45) is 5.14 Å². The van der Waals surface area contributed by atoms with Crippen molar-refractivity contribution in [1.82, 2.24) is 0 Å². The van der Waals surface area contributed by atoms with Crippen LogP contribution in [0, 0.1) is 5.82 Å². The van der Waals surface area contributed by atoms with Gasteiger partial charge >= 0.3 is 0 Å². The average molecular weight is 375 g/mol. The van der Waals surface area contributed by atoms with Gasteiger partial charge in [-0.2, -0.15) is 0 Å². The van der Waals surface area contributed by atoms with Crippen LogP contribution in [0.3, 0.4) is 0 Å². The van der Waals surface area contributed by atoms with Gasteiger partial charge in [0.1, 0.15) is 18.1 Å². The number of benzene rings is 2. The van der Waals surface area contributed by atoms with Gasteiger partial charge in [-0.25, -0.2) is 17.9 Å². The van der Waals surface area contributed by atoms with E-state index in [1.165, 1.54) is 18.2 Å². The van der Waals surface area contributed by atoms with E-state index in [9.17, 15) is 12.8 Å². The third kappa shape index (κ3) is 4.57. The van der Waals surface area contributed by atoms with Crippen molar-refractivity contribution in [1.29, 1.82) is 0 Å². The maximum Gasteiger partial charge on any atom is 0.238 e. The fourth-order valence-electron chi connectivity index (χ4n) is 2.65. The van der Waals surface area contributed by atoms with Crippen molar-refractivity contribution in [3.05, 3.63) is 77.8 Å². The molecule has 0 atom stereocenters. The van der Waals surface area contributed by atoms with Crippen LogP contribution in [-0.2, 0) is 23.0 Å². The van der Waals surface area contributed by atoms with Gasteiger partial charge in [-0.05, 0) is 42.0 Å². The number of quaternary nitrogens is 1. The van der Waals surface area contributed by atoms with Crippen molar-refractivity contribution >= 4 is 10.0 Å². The molecule has 0 amide bonds. The second-order valence-corrected chi connectivity index (χ2v) is 7.53. The van der Waals surface area contributed by atoms with Gasteiger partial charge in [-0.1, -0.05) is 24.3 Å². The standard InChI is InChI=1S/C19H19FN2O3S/c20-18-4-2-1-3-17(18)19-10-7-15(25-19)13-22-12-11-14-5-8-16(9-6-14)26(21,23)24/h1-10,22H,11-13H2,(H2,21,23,24)/p+1. The zero-order chi connectivity index (χ0) is 18.6. The summed E-state index contributed by atoms with van der Waals surface area (Å²) in [4.78, 5) is 0.112. The van der Waals surface area contributed by atoms with Crippen molar-refractivity contribution in [2.45, 2.75) is 17.9 Å². The third-order valence-corrected chi connectivity index (χ3v) is 4.96. The molecule has 0 spiro atoms. The van der Waals surface area contributed by atoms with Crippen LogP contribution < -0.4 is 10.5 Å². The molecule has 4 N–H and O–H groups in total. The molecule has 0 aliphatic rings. The van der Waals surface area contributed by atoms with Crippen LogP contribution in [0.2, 0.25) is 0 Å². The third-order valence-electron chi connectivity index (χ3n) is 4.04. The van der Waals surface area contributed by atoms with E-state index in [-0.39, 0.29) is 10.7 Å². The molecule has 5 nitrogen and oxygen atoms in total. The minimum Gasteiger partial charge on any atom is -0.455 e. The normalized spacial score (nSPS) is 11.6. The smallest absolute Gasteiger partial charge is 0.238 e. The number of primary sulfonamides is 1. The maximum absolute atomic E-state index is 13.8. The van der Waals surface area contributed by atoms with Gasteiger partial charge in [-0.3, -0.25) is 0 Å². The fourth-order valence-corrected chi connectivity index (χ4v) is 3.17. The molecule has 26 heavy (non-hydrogen) atoms. The first-order valence-electron chi connectivity index (χ1n) is 8.20. The van der Waals surface area contributed by atoms with E-state index in [1.54, 1.807) is 36.4 Å². The molecule has 3 rings (SSSR count). The Balaban J connectivity index is 1.51. The number of furan rings is 1. The van der Waals surface area contributed by atoms with Crippen LogP contribution in [0.15, 0.2) is 70.0 Å². The van der Waals surface area contributed by atoms with Gasteiger partial charge in [0.05, 0.1) is 17.0 Å². The summed E-state index contributed by atoms with van der Waals surface area (Å²) in [5.74, 6) is 0.984. The zero-order valence-corrected chi connectivity index (χ0v) is 14.9. The van der Waals surface area contributed by atoms with Gasteiger partial charge < -0.3 is 9.73 Å². The lowest BCUT2D eigenvalue weighted by Gasteiger charge is -2.03. The Morgan fingerprint density at radius 2 is 1.73 bits per heavy atom. The summed E-state index contributed by atoms with van der Waals surface area (Å²) in [7, 11) is -3.65. The zero-order valence-electron chi connectivity index (χ0n) is 14.1. The minimum absolute atomic E-state index is 0.112. The molecule has 1 heterocycles. The Morgan fingerprint density at radius 3 is 2.42 bits per heavy atom. The van der Waals surface area contributed by atoms with E-state index in [1.807, 2.05) is 6.07 Å². The van der Waals surface area contributed by atoms with Crippen molar-refractivity contribution in [3.8, 4) is 11.3 Å². The van der Waals surface area contributed by atoms with E-state index >= 15 is 0 Å². The summed E-state index contributed by atoms with van der Waals surface area (Å²) in [6, 6.07) is 16.7. The van der Waals surface area contributed by atoms with E-state index in [4.69, 9.17) is 9.56 Å². The Labute approximate surface area is 151 Å². The van der Waals surface area contributed by atoms with Crippen molar-refractivity contribution in [2.75, 3.05) is 6.54 Å². The lowest BCUT2D eigenvalue weighted by molar-refractivity contribution is -0.671. The lowest BCUT2D eigenvalue weighted by atomic mass is 10.1. The van der Waals surface area contributed by atoms with Gasteiger partial charge in [0.15, 0.2) is 5.76 Å². The van der Waals surface area contributed by atoms with Crippen LogP contribution in [0.25, 0.3) is 11.3 Å². The second-order valence-electron chi connectivity index (χ2n) is 5.97. The SMILES string of the molecule is NS(=O)(=O)c1ccc(CC[NH2+]Cc2ccc(-c3ccccc3F)o2)cc1. The molecule has 0 bridgehead atoms. The fraction of sp³-hybridized carbons (Fsp3) is 0.158. The van der Waals surface area contributed by atoms with Crippen LogP contribution in [0.4, 0.5) is 4.39 Å². The van der Waals surface area contributed by atoms with Crippen molar-refractivity contribution < 1.29 is 22.5 Å². The summed E-state index contributed by atoms with van der Waals surface area (Å²) in [5.41, 5.74) is 1.48. The molecular weight excluding hydrogens is 355 g/mol. The first-order chi connectivity index (χ1) is 12.4. The summed E-state index contributed by atoms with van der Waals surface area (Å²) < 4.78 is 41.9. The van der Waals surface area contributed by atoms with Crippen LogP contribution in [0.5, 0.6) is 0 Å². The maximum atomic E-state index is 13.8. The average Bonchev–Trinajstić information content (AvgIpc) is 3.07. The highest BCUT2D eigenvalue weighted by molar-refractivity contribution is 7.89. The van der Waals surface area contributed by atoms with Gasteiger partial charge in [0.2, 0.25) is 10.0 Å². The Kier molecular flexibility index (Phi) is 5.51. The Bertz CT molecular complexity index is 982. The molecule has 0 fully saturated rings. The number of rotatable bonds is 7. The highest BCUT2D eigenvalue weighted by Crippen LogP contribution is 2.24. The molecule has 0 saturated carbocycles. The van der Waals surface area contributed by atoms with Crippen LogP contribution in [-0.4, -0.2) is 15.0 Å². The first kappa shape index (κ1) is 18.3. The summed E-state index contributed by atoms with van der Waals surface area (Å²) >= 11 is 0. The quantitative estimate of drug-likeness (QED) is 0.619. The monoisotopic (exact) mass is 375 g/mol. The molecule has 0 aliphatic heterocycles. The van der Waals surface area contributed by atoms with E-state index in [0.717, 1.165) is 24.3 Å². The predicted molar refractivity (Wildman–Crippen MR) is 96.1 cm³/mol. The molecular formula is C19H20FN2O3S+. The highest BCUT2D eigenvalue weighted by atomic mass is 32.2. The molecule has 3 aromatic rings. The Morgan fingerprint density at radius 1 is 1.00 bits per heavy atom. The van der Waals surface area contributed by atoms with Crippen LogP contribution >= 0.6 is 0 Å². The van der Waals surface area contributed by atoms with E-state index in [2.05, 4.69) is 5.32 Å². The van der Waals surface area contributed by atoms with Crippen molar-refractivity contribution in [3.63, 3.8) is 0 Å². The first-order valence-corrected chi connectivity index (χ1v) is 9.75. The number of hydrogen-bond donors (Lipinski definition) is 2. The van der Waals surface area contributed by atoms with E-state index < -0.39 is 10.0 Å². The number of halogens is 1. The molecule has 1 aromatic heterocycles. The lowest BCUT2D eigenvalue weighted by Crippen LogP contribution is -2.83. The van der Waals surface area contributed by atoms with E-state index in [0.29, 0.717) is 17.9 Å². The molecule has 0 aliphatic carbocycles. The minimum atomic E-state index is -3.65. The number of sulfonamides is 1. The predicted octanol–water partition coefficient (Wildman–Crippen LogP) is 2.04. The highest BCUT2D eigenvalue weighted by Gasteiger charge is 2.10. The Hall–Kier alpha value is -2.48. The molecule has 0 radical (unpaired) electrons. The summed E-state index contributed by atoms with van der Waals surface area (Å²) in [6.07, 6.45) is 0.784. The molecule has 0 unspecified atom stereocenters. The second kappa shape index (κ2) is 7.82. The van der Waals surface area contributed by atoms with Gasteiger partial charge in [0, 0.05) is 6.42 Å². The largest absolute Gasteiger partial charge is 0.455 e. The summed E-state index contributed by atoms with van der Waals surface area (Å²) in [5, 5.41) is 7.16. The molecule has 2 aromatic carbocycles. The van der Waals surface area contributed by atoms with Gasteiger partial charge in [0.25, 0.3) is 0 Å². The number of hydrogen-bond acceptors (Lipinski definition) is 3. The van der Waals surface area contributed by atoms with Crippen LogP contribution in [0.1, 0.15) is 11.3 Å². The van der Waals surface area contributed by atoms with Gasteiger partial charge in [-0.15, -0.1) is 0 Å². The molecule has 7 heteroatoms. The molecule has 0 saturated heterocycles. The summed E-state index contributed by atoms with van der Waals surface area (Å²) in [6.45, 7) is 1.45. The number of nitrogens with two attached hydrogens (primary N) is 2. The topological polar surface area (TPSA) is 89.9 Å².